The summed E-state index contributed by atoms with van der Waals surface area (Å²) in [6.07, 6.45) is 2.72. The van der Waals surface area contributed by atoms with Gasteiger partial charge in [-0.05, 0) is 26.3 Å². The van der Waals surface area contributed by atoms with Gasteiger partial charge in [0.15, 0.2) is 5.65 Å². The number of ether oxygens (including phenoxy) is 1. The molecule has 8 heteroatoms. The van der Waals surface area contributed by atoms with E-state index in [1.54, 1.807) is 21.1 Å². The normalized spacial score (nSPS) is 25.1. The molecule has 1 fully saturated rings. The van der Waals surface area contributed by atoms with E-state index in [0.717, 1.165) is 29.3 Å². The molecule has 0 amide bonds. The maximum atomic E-state index is 5.99. The molecule has 0 aromatic carbocycles. The highest BCUT2D eigenvalue weighted by atomic mass is 32.1. The number of hydrogen-bond donors (Lipinski definition) is 2. The van der Waals surface area contributed by atoms with Crippen LogP contribution in [0.5, 0.6) is 0 Å². The number of fused-ring (bicyclic) bond motifs is 5. The molecule has 2 N–H and O–H groups in total. The predicted octanol–water partition coefficient (Wildman–Crippen LogP) is -0.506. The summed E-state index contributed by atoms with van der Waals surface area (Å²) in [5.74, 6) is 0.936. The first-order valence-electron chi connectivity index (χ1n) is 9.98. The number of hydrogen-bond acceptors (Lipinski definition) is 5. The van der Waals surface area contributed by atoms with Crippen LogP contribution in [-0.4, -0.2) is 57.9 Å². The number of nitrogens with one attached hydrogen (secondary N) is 2. The first-order valence-corrected chi connectivity index (χ1v) is 10.8. The van der Waals surface area contributed by atoms with Gasteiger partial charge in [0.05, 0.1) is 24.1 Å². The average molecular weight is 389 g/mol. The Morgan fingerprint density at radius 2 is 2.00 bits per heavy atom. The third-order valence-corrected chi connectivity index (χ3v) is 7.14. The minimum Gasteiger partial charge on any atom is -0.370 e. The number of quaternary nitrogens is 2. The molecule has 0 aliphatic carbocycles. The van der Waals surface area contributed by atoms with Crippen molar-refractivity contribution in [1.82, 2.24) is 19.6 Å². The summed E-state index contributed by atoms with van der Waals surface area (Å²) in [6.45, 7) is 14.3. The molecule has 0 radical (unpaired) electrons. The average Bonchev–Trinajstić information content (AvgIpc) is 3.21. The van der Waals surface area contributed by atoms with Crippen LogP contribution in [-0.2, 0) is 24.3 Å². The second-order valence-corrected chi connectivity index (χ2v) is 9.56. The molecule has 3 aromatic heterocycles. The third-order valence-electron chi connectivity index (χ3n) is 6.02. The molecule has 0 unspecified atom stereocenters. The fourth-order valence-electron chi connectivity index (χ4n) is 4.37. The number of piperazine rings is 1. The van der Waals surface area contributed by atoms with E-state index in [9.17, 15) is 0 Å². The van der Waals surface area contributed by atoms with Gasteiger partial charge >= 0.3 is 0 Å². The van der Waals surface area contributed by atoms with Crippen LogP contribution in [0.1, 0.15) is 37.0 Å². The van der Waals surface area contributed by atoms with Gasteiger partial charge < -0.3 is 14.5 Å². The van der Waals surface area contributed by atoms with Crippen molar-refractivity contribution in [3.05, 3.63) is 22.6 Å². The van der Waals surface area contributed by atoms with E-state index in [1.165, 1.54) is 48.6 Å². The zero-order valence-electron chi connectivity index (χ0n) is 16.3. The predicted molar refractivity (Wildman–Crippen MR) is 104 cm³/mol. The molecule has 144 valence electrons. The summed E-state index contributed by atoms with van der Waals surface area (Å²) >= 11 is 1.74. The lowest BCUT2D eigenvalue weighted by atomic mass is 9.94. The number of nitrogens with zero attached hydrogens (tertiary/aromatic N) is 4. The lowest BCUT2D eigenvalue weighted by Crippen LogP contribution is -3.27. The van der Waals surface area contributed by atoms with Crippen LogP contribution in [0.4, 0.5) is 0 Å². The monoisotopic (exact) mass is 388 g/mol. The van der Waals surface area contributed by atoms with Gasteiger partial charge in [0.25, 0.3) is 0 Å². The van der Waals surface area contributed by atoms with Gasteiger partial charge in [0, 0.05) is 11.3 Å². The van der Waals surface area contributed by atoms with Crippen LogP contribution in [0, 0.1) is 0 Å². The van der Waals surface area contributed by atoms with Crippen LogP contribution in [0.25, 0.3) is 15.9 Å². The third kappa shape index (κ3) is 3.14. The first kappa shape index (κ1) is 17.5. The standard InChI is InChI=1S/C19H26N6OS/c1-4-23-5-7-24(8-6-23)10-15-21-17-16-13-9-19(2,3)26-11-14(13)27-18(16)20-12-25(17)22-15/h12H,4-11H2,1-3H3/p+2. The lowest BCUT2D eigenvalue weighted by molar-refractivity contribution is -1.02. The summed E-state index contributed by atoms with van der Waals surface area (Å²) in [4.78, 5) is 15.3. The molecule has 7 nitrogen and oxygen atoms in total. The Morgan fingerprint density at radius 3 is 2.78 bits per heavy atom. The van der Waals surface area contributed by atoms with E-state index in [1.807, 2.05) is 10.8 Å². The molecular formula is C19H28N6OS+2. The number of thiophene rings is 1. The molecule has 2 aliphatic rings. The molecule has 0 atom stereocenters. The fourth-order valence-corrected chi connectivity index (χ4v) is 5.44. The van der Waals surface area contributed by atoms with Gasteiger partial charge in [0.2, 0.25) is 5.82 Å². The minimum atomic E-state index is -0.137. The van der Waals surface area contributed by atoms with E-state index >= 15 is 0 Å². The Morgan fingerprint density at radius 1 is 1.22 bits per heavy atom. The topological polar surface area (TPSA) is 61.2 Å². The second-order valence-electron chi connectivity index (χ2n) is 8.48. The van der Waals surface area contributed by atoms with E-state index in [2.05, 4.69) is 25.8 Å². The van der Waals surface area contributed by atoms with Crippen molar-refractivity contribution in [2.75, 3.05) is 32.7 Å². The first-order chi connectivity index (χ1) is 13.0. The fraction of sp³-hybridized carbons (Fsp3) is 0.632. The van der Waals surface area contributed by atoms with Crippen molar-refractivity contribution in [1.29, 1.82) is 0 Å². The Bertz CT molecular complexity index is 985. The van der Waals surface area contributed by atoms with E-state index in [4.69, 9.17) is 14.8 Å². The van der Waals surface area contributed by atoms with Gasteiger partial charge in [-0.25, -0.2) is 14.5 Å². The Labute approximate surface area is 162 Å². The largest absolute Gasteiger partial charge is 0.370 e. The summed E-state index contributed by atoms with van der Waals surface area (Å²) in [5.41, 5.74) is 2.18. The molecule has 0 saturated carbocycles. The highest BCUT2D eigenvalue weighted by molar-refractivity contribution is 7.19. The molecule has 3 aromatic rings. The molecule has 1 saturated heterocycles. The van der Waals surface area contributed by atoms with Crippen molar-refractivity contribution in [2.45, 2.75) is 45.9 Å². The summed E-state index contributed by atoms with van der Waals surface area (Å²) in [6, 6.07) is 0. The molecule has 27 heavy (non-hydrogen) atoms. The lowest BCUT2D eigenvalue weighted by Gasteiger charge is -2.30. The molecule has 0 bridgehead atoms. The minimum absolute atomic E-state index is 0.137. The Kier molecular flexibility index (Phi) is 4.19. The van der Waals surface area contributed by atoms with Crippen LogP contribution in [0.15, 0.2) is 6.33 Å². The van der Waals surface area contributed by atoms with Gasteiger partial charge in [-0.15, -0.1) is 16.4 Å². The zero-order chi connectivity index (χ0) is 18.6. The molecular weight excluding hydrogens is 360 g/mol. The molecule has 2 aliphatic heterocycles. The van der Waals surface area contributed by atoms with Gasteiger partial charge in [-0.2, -0.15) is 0 Å². The van der Waals surface area contributed by atoms with Gasteiger partial charge in [-0.1, -0.05) is 0 Å². The van der Waals surface area contributed by atoms with Crippen molar-refractivity contribution in [3.63, 3.8) is 0 Å². The van der Waals surface area contributed by atoms with Crippen molar-refractivity contribution >= 4 is 27.2 Å². The molecule has 5 rings (SSSR count). The maximum absolute atomic E-state index is 5.99. The van der Waals surface area contributed by atoms with Gasteiger partial charge in [-0.3, -0.25) is 0 Å². The maximum Gasteiger partial charge on any atom is 0.206 e. The van der Waals surface area contributed by atoms with Crippen LogP contribution < -0.4 is 9.80 Å². The van der Waals surface area contributed by atoms with Crippen LogP contribution in [0.3, 0.4) is 0 Å². The van der Waals surface area contributed by atoms with Crippen molar-refractivity contribution < 1.29 is 14.5 Å². The van der Waals surface area contributed by atoms with Crippen LogP contribution >= 0.6 is 11.3 Å². The number of rotatable bonds is 3. The Balaban J connectivity index is 1.49. The SMILES string of the molecule is CC[NH+]1CC[NH+](Cc2nc3c4c5c(sc4ncn3n2)COC(C)(C)C5)CC1. The summed E-state index contributed by atoms with van der Waals surface area (Å²) in [7, 11) is 0. The zero-order valence-corrected chi connectivity index (χ0v) is 17.2. The summed E-state index contributed by atoms with van der Waals surface area (Å²) in [5, 5.41) is 5.93. The Hall–Kier alpha value is -1.61. The molecule has 5 heterocycles. The van der Waals surface area contributed by atoms with Crippen molar-refractivity contribution in [3.8, 4) is 0 Å². The summed E-state index contributed by atoms with van der Waals surface area (Å²) < 4.78 is 7.87. The highest BCUT2D eigenvalue weighted by Crippen LogP contribution is 2.39. The number of aromatic nitrogens is 4. The van der Waals surface area contributed by atoms with E-state index < -0.39 is 0 Å². The smallest absolute Gasteiger partial charge is 0.206 e. The quantitative estimate of drug-likeness (QED) is 0.635. The number of likely N-dealkylation sites (N-methyl/N-ethyl adjacent to an activating group) is 1. The second kappa shape index (κ2) is 6.48. The van der Waals surface area contributed by atoms with Crippen molar-refractivity contribution in [2.24, 2.45) is 0 Å². The van der Waals surface area contributed by atoms with Gasteiger partial charge in [0.1, 0.15) is 43.9 Å². The van der Waals surface area contributed by atoms with E-state index in [0.29, 0.717) is 6.61 Å². The molecule has 0 spiro atoms. The van der Waals surface area contributed by atoms with E-state index in [-0.39, 0.29) is 5.60 Å². The van der Waals surface area contributed by atoms with Crippen LogP contribution in [0.2, 0.25) is 0 Å². The highest BCUT2D eigenvalue weighted by Gasteiger charge is 2.31.